The van der Waals surface area contributed by atoms with Crippen molar-refractivity contribution in [3.05, 3.63) is 47.0 Å². The van der Waals surface area contributed by atoms with Crippen molar-refractivity contribution in [1.29, 1.82) is 0 Å². The molecule has 0 unspecified atom stereocenters. The Morgan fingerprint density at radius 2 is 1.90 bits per heavy atom. The maximum Gasteiger partial charge on any atom is 0.221 e. The summed E-state index contributed by atoms with van der Waals surface area (Å²) in [6.07, 6.45) is 0. The van der Waals surface area contributed by atoms with Crippen LogP contribution in [0.15, 0.2) is 46.2 Å². The standard InChI is InChI=1S/C15H15ClN2OS/c1-9-7-14(17)13(16)8-15(9)20-12-5-3-11(4-6-12)18-10(2)19/h3-8H,17H2,1-2H3,(H,18,19). The van der Waals surface area contributed by atoms with Crippen LogP contribution in [0.4, 0.5) is 11.4 Å². The summed E-state index contributed by atoms with van der Waals surface area (Å²) >= 11 is 7.66. The quantitative estimate of drug-likeness (QED) is 0.829. The first-order chi connectivity index (χ1) is 9.45. The Morgan fingerprint density at radius 3 is 2.50 bits per heavy atom. The van der Waals surface area contributed by atoms with Crippen LogP contribution in [0.5, 0.6) is 0 Å². The maximum absolute atomic E-state index is 11.0. The van der Waals surface area contributed by atoms with Crippen molar-refractivity contribution in [3.63, 3.8) is 0 Å². The van der Waals surface area contributed by atoms with E-state index in [1.807, 2.05) is 43.3 Å². The highest BCUT2D eigenvalue weighted by atomic mass is 35.5. The SMILES string of the molecule is CC(=O)Nc1ccc(Sc2cc(Cl)c(N)cc2C)cc1. The van der Waals surface area contributed by atoms with Crippen molar-refractivity contribution in [2.45, 2.75) is 23.6 Å². The summed E-state index contributed by atoms with van der Waals surface area (Å²) in [7, 11) is 0. The van der Waals surface area contributed by atoms with E-state index in [9.17, 15) is 4.79 Å². The normalized spacial score (nSPS) is 10.3. The van der Waals surface area contributed by atoms with Crippen LogP contribution < -0.4 is 11.1 Å². The van der Waals surface area contributed by atoms with Crippen molar-refractivity contribution in [3.8, 4) is 0 Å². The van der Waals surface area contributed by atoms with Crippen LogP contribution in [-0.4, -0.2) is 5.91 Å². The van der Waals surface area contributed by atoms with E-state index in [4.69, 9.17) is 17.3 Å². The molecule has 5 heteroatoms. The Balaban J connectivity index is 2.18. The molecule has 0 atom stereocenters. The lowest BCUT2D eigenvalue weighted by Crippen LogP contribution is -2.05. The zero-order valence-electron chi connectivity index (χ0n) is 11.2. The van der Waals surface area contributed by atoms with Gasteiger partial charge in [-0.2, -0.15) is 0 Å². The monoisotopic (exact) mass is 306 g/mol. The molecule has 2 rings (SSSR count). The van der Waals surface area contributed by atoms with E-state index in [1.54, 1.807) is 11.8 Å². The van der Waals surface area contributed by atoms with Gasteiger partial charge in [-0.25, -0.2) is 0 Å². The van der Waals surface area contributed by atoms with E-state index < -0.39 is 0 Å². The minimum Gasteiger partial charge on any atom is -0.398 e. The molecule has 0 fully saturated rings. The number of hydrogen-bond acceptors (Lipinski definition) is 3. The van der Waals surface area contributed by atoms with E-state index in [-0.39, 0.29) is 5.91 Å². The molecule has 0 heterocycles. The highest BCUT2D eigenvalue weighted by molar-refractivity contribution is 7.99. The van der Waals surface area contributed by atoms with Crippen LogP contribution >= 0.6 is 23.4 Å². The lowest BCUT2D eigenvalue weighted by Gasteiger charge is -2.09. The minimum atomic E-state index is -0.0773. The summed E-state index contributed by atoms with van der Waals surface area (Å²) in [4.78, 5) is 13.1. The van der Waals surface area contributed by atoms with Gasteiger partial charge in [0.15, 0.2) is 0 Å². The molecule has 0 aliphatic carbocycles. The van der Waals surface area contributed by atoms with Gasteiger partial charge in [0.25, 0.3) is 0 Å². The van der Waals surface area contributed by atoms with Gasteiger partial charge in [0.1, 0.15) is 0 Å². The molecule has 3 N–H and O–H groups in total. The Kier molecular flexibility index (Phi) is 4.57. The van der Waals surface area contributed by atoms with Gasteiger partial charge in [0, 0.05) is 22.4 Å². The molecular formula is C15H15ClN2OS. The lowest BCUT2D eigenvalue weighted by molar-refractivity contribution is -0.114. The van der Waals surface area contributed by atoms with Gasteiger partial charge in [0.2, 0.25) is 5.91 Å². The van der Waals surface area contributed by atoms with E-state index >= 15 is 0 Å². The number of anilines is 2. The summed E-state index contributed by atoms with van der Waals surface area (Å²) in [6.45, 7) is 3.49. The zero-order valence-corrected chi connectivity index (χ0v) is 12.8. The fourth-order valence-electron chi connectivity index (χ4n) is 1.73. The van der Waals surface area contributed by atoms with Crippen LogP contribution in [0.25, 0.3) is 0 Å². The fourth-order valence-corrected chi connectivity index (χ4v) is 2.88. The van der Waals surface area contributed by atoms with Crippen LogP contribution in [0.2, 0.25) is 5.02 Å². The van der Waals surface area contributed by atoms with Crippen LogP contribution in [0.3, 0.4) is 0 Å². The molecule has 0 spiro atoms. The first-order valence-electron chi connectivity index (χ1n) is 6.07. The minimum absolute atomic E-state index is 0.0773. The lowest BCUT2D eigenvalue weighted by atomic mass is 10.2. The van der Waals surface area contributed by atoms with E-state index in [0.717, 1.165) is 21.0 Å². The van der Waals surface area contributed by atoms with E-state index in [0.29, 0.717) is 10.7 Å². The molecule has 0 saturated carbocycles. The maximum atomic E-state index is 11.0. The van der Waals surface area contributed by atoms with Gasteiger partial charge in [0.05, 0.1) is 10.7 Å². The molecule has 0 aromatic heterocycles. The number of nitrogen functional groups attached to an aromatic ring is 1. The third-order valence-corrected chi connectivity index (χ3v) is 4.19. The molecule has 2 aromatic rings. The van der Waals surface area contributed by atoms with E-state index in [2.05, 4.69) is 5.32 Å². The molecule has 0 bridgehead atoms. The molecule has 104 valence electrons. The number of nitrogens with two attached hydrogens (primary N) is 1. The Bertz CT molecular complexity index is 641. The second kappa shape index (κ2) is 6.20. The molecule has 0 radical (unpaired) electrons. The van der Waals surface area contributed by atoms with Crippen molar-refractivity contribution in [1.82, 2.24) is 0 Å². The summed E-state index contributed by atoms with van der Waals surface area (Å²) < 4.78 is 0. The van der Waals surface area contributed by atoms with Gasteiger partial charge in [-0.1, -0.05) is 23.4 Å². The average Bonchev–Trinajstić information content (AvgIpc) is 2.37. The predicted octanol–water partition coefficient (Wildman–Crippen LogP) is 4.34. The molecule has 1 amide bonds. The number of aryl methyl sites for hydroxylation is 1. The van der Waals surface area contributed by atoms with Crippen molar-refractivity contribution in [2.75, 3.05) is 11.1 Å². The molecule has 3 nitrogen and oxygen atoms in total. The van der Waals surface area contributed by atoms with Crippen molar-refractivity contribution in [2.24, 2.45) is 0 Å². The van der Waals surface area contributed by atoms with Gasteiger partial charge < -0.3 is 11.1 Å². The van der Waals surface area contributed by atoms with Crippen LogP contribution in [-0.2, 0) is 4.79 Å². The molecule has 0 aliphatic rings. The van der Waals surface area contributed by atoms with Crippen LogP contribution in [0.1, 0.15) is 12.5 Å². The second-order valence-corrected chi connectivity index (χ2v) is 5.97. The predicted molar refractivity (Wildman–Crippen MR) is 85.5 cm³/mol. The topological polar surface area (TPSA) is 55.1 Å². The van der Waals surface area contributed by atoms with Gasteiger partial charge in [-0.05, 0) is 48.9 Å². The highest BCUT2D eigenvalue weighted by Gasteiger charge is 2.06. The second-order valence-electron chi connectivity index (χ2n) is 4.45. The number of carbonyl (C=O) groups is 1. The number of nitrogens with one attached hydrogen (secondary N) is 1. The van der Waals surface area contributed by atoms with Crippen LogP contribution in [0, 0.1) is 6.92 Å². The molecule has 0 saturated heterocycles. The van der Waals surface area contributed by atoms with Gasteiger partial charge >= 0.3 is 0 Å². The number of rotatable bonds is 3. The number of amides is 1. The summed E-state index contributed by atoms with van der Waals surface area (Å²) in [6, 6.07) is 11.4. The first-order valence-corrected chi connectivity index (χ1v) is 7.26. The van der Waals surface area contributed by atoms with E-state index in [1.165, 1.54) is 6.92 Å². The van der Waals surface area contributed by atoms with Gasteiger partial charge in [-0.3, -0.25) is 4.79 Å². The molecule has 20 heavy (non-hydrogen) atoms. The summed E-state index contributed by atoms with van der Waals surface area (Å²) in [5, 5.41) is 3.30. The summed E-state index contributed by atoms with van der Waals surface area (Å²) in [5.41, 5.74) is 8.23. The Hall–Kier alpha value is -1.65. The zero-order chi connectivity index (χ0) is 14.7. The van der Waals surface area contributed by atoms with Crippen molar-refractivity contribution < 1.29 is 4.79 Å². The smallest absolute Gasteiger partial charge is 0.221 e. The molecular weight excluding hydrogens is 292 g/mol. The Labute approximate surface area is 127 Å². The third kappa shape index (κ3) is 3.68. The number of hydrogen-bond donors (Lipinski definition) is 2. The third-order valence-electron chi connectivity index (χ3n) is 2.70. The van der Waals surface area contributed by atoms with Crippen molar-refractivity contribution >= 4 is 40.6 Å². The molecule has 2 aromatic carbocycles. The number of halogens is 1. The highest BCUT2D eigenvalue weighted by Crippen LogP contribution is 2.35. The first kappa shape index (κ1) is 14.8. The largest absolute Gasteiger partial charge is 0.398 e. The average molecular weight is 307 g/mol. The molecule has 0 aliphatic heterocycles. The van der Waals surface area contributed by atoms with Gasteiger partial charge in [-0.15, -0.1) is 0 Å². The Morgan fingerprint density at radius 1 is 1.25 bits per heavy atom. The number of carbonyl (C=O) groups excluding carboxylic acids is 1. The fraction of sp³-hybridized carbons (Fsp3) is 0.133. The summed E-state index contributed by atoms with van der Waals surface area (Å²) in [5.74, 6) is -0.0773. The number of benzene rings is 2.